The van der Waals surface area contributed by atoms with E-state index in [1.165, 1.54) is 24.3 Å². The Hall–Kier alpha value is -3.06. The number of ether oxygens (including phenoxy) is 2. The molecule has 1 aromatic heterocycles. The van der Waals surface area contributed by atoms with E-state index in [9.17, 15) is 14.7 Å². The summed E-state index contributed by atoms with van der Waals surface area (Å²) in [6.07, 6.45) is 1.37. The predicted molar refractivity (Wildman–Crippen MR) is 96.6 cm³/mol. The van der Waals surface area contributed by atoms with E-state index >= 15 is 0 Å². The minimum atomic E-state index is -0.735. The molecule has 0 saturated heterocycles. The second kappa shape index (κ2) is 8.09. The van der Waals surface area contributed by atoms with Gasteiger partial charge in [0.25, 0.3) is 5.91 Å². The number of benzene rings is 1. The Morgan fingerprint density at radius 2 is 2.00 bits per heavy atom. The summed E-state index contributed by atoms with van der Waals surface area (Å²) in [6.45, 7) is 2.92. The van der Waals surface area contributed by atoms with Crippen molar-refractivity contribution in [2.75, 3.05) is 26.9 Å². The molecule has 0 saturated carbocycles. The van der Waals surface area contributed by atoms with Crippen LogP contribution < -0.4 is 4.74 Å². The van der Waals surface area contributed by atoms with Gasteiger partial charge in [-0.2, -0.15) is 0 Å². The van der Waals surface area contributed by atoms with Crippen LogP contribution in [0.4, 0.5) is 0 Å². The standard InChI is InChI=1S/C20H21NO6/c1-3-26-14-8-6-13(7-9-14)17-16(18(22)15-5-4-11-27-15)19(23)20(24)21(17)10-12-25-2/h4-9,11,17,23H,3,10,12H2,1-2H3. The third kappa shape index (κ3) is 3.59. The first kappa shape index (κ1) is 18.7. The van der Waals surface area contributed by atoms with Crippen molar-refractivity contribution >= 4 is 11.7 Å². The largest absolute Gasteiger partial charge is 0.503 e. The van der Waals surface area contributed by atoms with Crippen LogP contribution >= 0.6 is 0 Å². The molecule has 1 aromatic carbocycles. The van der Waals surface area contributed by atoms with Crippen LogP contribution in [0.25, 0.3) is 0 Å². The number of hydrogen-bond donors (Lipinski definition) is 1. The number of furan rings is 1. The lowest BCUT2D eigenvalue weighted by Crippen LogP contribution is -2.33. The van der Waals surface area contributed by atoms with E-state index in [1.54, 1.807) is 30.3 Å². The Labute approximate surface area is 156 Å². The van der Waals surface area contributed by atoms with Gasteiger partial charge < -0.3 is 23.9 Å². The number of aliphatic hydroxyl groups excluding tert-OH is 1. The van der Waals surface area contributed by atoms with Gasteiger partial charge in [-0.1, -0.05) is 12.1 Å². The van der Waals surface area contributed by atoms with Crippen LogP contribution in [0.3, 0.4) is 0 Å². The van der Waals surface area contributed by atoms with Gasteiger partial charge in [-0.15, -0.1) is 0 Å². The quantitative estimate of drug-likeness (QED) is 0.718. The molecule has 7 heteroatoms. The summed E-state index contributed by atoms with van der Waals surface area (Å²) in [6, 6.07) is 9.43. The fourth-order valence-electron chi connectivity index (χ4n) is 3.11. The molecular formula is C20H21NO6. The van der Waals surface area contributed by atoms with Crippen LogP contribution in [0.1, 0.15) is 29.1 Å². The zero-order valence-corrected chi connectivity index (χ0v) is 15.2. The SMILES string of the molecule is CCOc1ccc(C2C(C(=O)c3ccco3)=C(O)C(=O)N2CCOC)cc1. The normalized spacial score (nSPS) is 16.9. The van der Waals surface area contributed by atoms with Crippen molar-refractivity contribution in [2.24, 2.45) is 0 Å². The number of carbonyl (C=O) groups is 2. The van der Waals surface area contributed by atoms with Crippen LogP contribution in [0, 0.1) is 0 Å². The van der Waals surface area contributed by atoms with Crippen molar-refractivity contribution in [3.8, 4) is 5.75 Å². The molecule has 2 aromatic rings. The summed E-state index contributed by atoms with van der Waals surface area (Å²) in [5.41, 5.74) is 0.678. The van der Waals surface area contributed by atoms with Crippen molar-refractivity contribution < 1.29 is 28.6 Å². The molecule has 7 nitrogen and oxygen atoms in total. The van der Waals surface area contributed by atoms with Crippen LogP contribution in [0.15, 0.2) is 58.4 Å². The molecule has 27 heavy (non-hydrogen) atoms. The van der Waals surface area contributed by atoms with Gasteiger partial charge >= 0.3 is 0 Å². The smallest absolute Gasteiger partial charge is 0.290 e. The molecule has 1 amide bonds. The van der Waals surface area contributed by atoms with Crippen molar-refractivity contribution in [2.45, 2.75) is 13.0 Å². The topological polar surface area (TPSA) is 89.2 Å². The van der Waals surface area contributed by atoms with Crippen molar-refractivity contribution in [3.05, 3.63) is 65.3 Å². The number of methoxy groups -OCH3 is 1. The van der Waals surface area contributed by atoms with E-state index in [2.05, 4.69) is 0 Å². The monoisotopic (exact) mass is 371 g/mol. The average Bonchev–Trinajstić information content (AvgIpc) is 3.29. The van der Waals surface area contributed by atoms with Gasteiger partial charge in [0, 0.05) is 13.7 Å². The number of nitrogens with zero attached hydrogens (tertiary/aromatic N) is 1. The maximum atomic E-state index is 12.9. The number of aliphatic hydroxyl groups is 1. The highest BCUT2D eigenvalue weighted by Crippen LogP contribution is 2.39. The van der Waals surface area contributed by atoms with Gasteiger partial charge in [0.1, 0.15) is 5.75 Å². The summed E-state index contributed by atoms with van der Waals surface area (Å²) < 4.78 is 15.7. The summed E-state index contributed by atoms with van der Waals surface area (Å²) in [7, 11) is 1.52. The summed E-state index contributed by atoms with van der Waals surface area (Å²) in [5.74, 6) is -0.952. The first-order valence-electron chi connectivity index (χ1n) is 8.62. The van der Waals surface area contributed by atoms with E-state index < -0.39 is 23.5 Å². The summed E-state index contributed by atoms with van der Waals surface area (Å²) in [5, 5.41) is 10.4. The van der Waals surface area contributed by atoms with Gasteiger partial charge in [0.05, 0.1) is 31.1 Å². The van der Waals surface area contributed by atoms with E-state index in [0.717, 1.165) is 0 Å². The molecule has 0 spiro atoms. The fourth-order valence-corrected chi connectivity index (χ4v) is 3.11. The summed E-state index contributed by atoms with van der Waals surface area (Å²) >= 11 is 0. The maximum Gasteiger partial charge on any atom is 0.290 e. The molecule has 3 rings (SSSR count). The van der Waals surface area contributed by atoms with Crippen LogP contribution in [-0.4, -0.2) is 48.6 Å². The lowest BCUT2D eigenvalue weighted by Gasteiger charge is -2.26. The Bertz CT molecular complexity index is 838. The van der Waals surface area contributed by atoms with Crippen LogP contribution in [-0.2, 0) is 9.53 Å². The van der Waals surface area contributed by atoms with Gasteiger partial charge in [-0.05, 0) is 36.8 Å². The van der Waals surface area contributed by atoms with Crippen molar-refractivity contribution in [3.63, 3.8) is 0 Å². The Morgan fingerprint density at radius 3 is 2.59 bits per heavy atom. The second-order valence-electron chi connectivity index (χ2n) is 5.96. The second-order valence-corrected chi connectivity index (χ2v) is 5.96. The molecule has 142 valence electrons. The number of rotatable bonds is 8. The molecular weight excluding hydrogens is 350 g/mol. The van der Waals surface area contributed by atoms with E-state index in [1.807, 2.05) is 6.92 Å². The van der Waals surface area contributed by atoms with E-state index in [4.69, 9.17) is 13.9 Å². The van der Waals surface area contributed by atoms with Crippen molar-refractivity contribution in [1.29, 1.82) is 0 Å². The minimum absolute atomic E-state index is 0.00443. The highest BCUT2D eigenvalue weighted by atomic mass is 16.5. The molecule has 2 heterocycles. The molecule has 0 aliphatic carbocycles. The van der Waals surface area contributed by atoms with E-state index in [0.29, 0.717) is 17.9 Å². The first-order valence-corrected chi connectivity index (χ1v) is 8.62. The summed E-state index contributed by atoms with van der Waals surface area (Å²) in [4.78, 5) is 26.9. The lowest BCUT2D eigenvalue weighted by atomic mass is 9.95. The first-order chi connectivity index (χ1) is 13.1. The molecule has 0 bridgehead atoms. The molecule has 1 atom stereocenters. The number of Topliss-reactive ketones (excluding diaryl/α,β-unsaturated/α-hetero) is 1. The zero-order chi connectivity index (χ0) is 19.4. The number of amides is 1. The highest BCUT2D eigenvalue weighted by Gasteiger charge is 2.44. The predicted octanol–water partition coefficient (Wildman–Crippen LogP) is 2.90. The zero-order valence-electron chi connectivity index (χ0n) is 15.2. The number of ketones is 1. The molecule has 1 N–H and O–H groups in total. The van der Waals surface area contributed by atoms with Gasteiger partial charge in [0.15, 0.2) is 11.5 Å². The molecule has 1 aliphatic rings. The van der Waals surface area contributed by atoms with Crippen LogP contribution in [0.5, 0.6) is 5.75 Å². The van der Waals surface area contributed by atoms with Crippen molar-refractivity contribution in [1.82, 2.24) is 4.90 Å². The van der Waals surface area contributed by atoms with Gasteiger partial charge in [-0.3, -0.25) is 9.59 Å². The Morgan fingerprint density at radius 1 is 1.26 bits per heavy atom. The Kier molecular flexibility index (Phi) is 5.61. The number of hydrogen-bond acceptors (Lipinski definition) is 6. The third-order valence-corrected chi connectivity index (χ3v) is 4.34. The molecule has 1 unspecified atom stereocenters. The number of carbonyl (C=O) groups excluding carboxylic acids is 2. The van der Waals surface area contributed by atoms with Gasteiger partial charge in [-0.25, -0.2) is 0 Å². The van der Waals surface area contributed by atoms with Gasteiger partial charge in [0.2, 0.25) is 5.78 Å². The fraction of sp³-hybridized carbons (Fsp3) is 0.300. The maximum absolute atomic E-state index is 12.9. The third-order valence-electron chi connectivity index (χ3n) is 4.34. The highest BCUT2D eigenvalue weighted by molar-refractivity contribution is 6.15. The molecule has 1 aliphatic heterocycles. The van der Waals surface area contributed by atoms with Crippen LogP contribution in [0.2, 0.25) is 0 Å². The van der Waals surface area contributed by atoms with E-state index in [-0.39, 0.29) is 24.5 Å². The average molecular weight is 371 g/mol. The lowest BCUT2D eigenvalue weighted by molar-refractivity contribution is -0.130. The molecule has 0 fully saturated rings. The minimum Gasteiger partial charge on any atom is -0.503 e. The Balaban J connectivity index is 2.02. The molecule has 0 radical (unpaired) electrons.